The van der Waals surface area contributed by atoms with E-state index in [9.17, 15) is 4.79 Å². The molecule has 25 heavy (non-hydrogen) atoms. The van der Waals surface area contributed by atoms with E-state index in [-0.39, 0.29) is 5.91 Å². The summed E-state index contributed by atoms with van der Waals surface area (Å²) < 4.78 is 5.49. The number of benzene rings is 1. The van der Waals surface area contributed by atoms with Gasteiger partial charge < -0.3 is 9.64 Å². The van der Waals surface area contributed by atoms with Gasteiger partial charge in [0.15, 0.2) is 0 Å². The number of nitrogens with zero attached hydrogens (tertiary/aromatic N) is 2. The van der Waals surface area contributed by atoms with Crippen LogP contribution in [0.5, 0.6) is 5.75 Å². The van der Waals surface area contributed by atoms with Crippen molar-refractivity contribution in [2.45, 2.75) is 39.5 Å². The van der Waals surface area contributed by atoms with Crippen molar-refractivity contribution in [3.8, 4) is 5.75 Å². The number of carbonyl (C=O) groups is 1. The second kappa shape index (κ2) is 8.48. The highest BCUT2D eigenvalue weighted by molar-refractivity contribution is 7.09. The Balaban J connectivity index is 1.44. The second-order valence-electron chi connectivity index (χ2n) is 6.60. The minimum Gasteiger partial charge on any atom is -0.494 e. The van der Waals surface area contributed by atoms with Crippen molar-refractivity contribution in [2.75, 3.05) is 19.7 Å². The number of thiazole rings is 1. The van der Waals surface area contributed by atoms with E-state index < -0.39 is 0 Å². The number of aromatic nitrogens is 1. The van der Waals surface area contributed by atoms with Gasteiger partial charge in [-0.1, -0.05) is 12.1 Å². The van der Waals surface area contributed by atoms with E-state index in [1.807, 2.05) is 24.1 Å². The highest BCUT2D eigenvalue weighted by atomic mass is 32.1. The van der Waals surface area contributed by atoms with Gasteiger partial charge >= 0.3 is 0 Å². The molecule has 0 saturated carbocycles. The molecule has 1 amide bonds. The third-order valence-electron chi connectivity index (χ3n) is 4.82. The Morgan fingerprint density at radius 1 is 1.28 bits per heavy atom. The van der Waals surface area contributed by atoms with E-state index in [0.29, 0.717) is 18.2 Å². The molecule has 2 aromatic rings. The number of piperidine rings is 1. The van der Waals surface area contributed by atoms with Gasteiger partial charge in [-0.25, -0.2) is 4.98 Å². The lowest BCUT2D eigenvalue weighted by atomic mass is 9.90. The molecule has 0 aliphatic carbocycles. The lowest BCUT2D eigenvalue weighted by Gasteiger charge is -2.31. The van der Waals surface area contributed by atoms with Crippen LogP contribution in [-0.4, -0.2) is 35.5 Å². The first-order chi connectivity index (χ1) is 12.2. The number of aryl methyl sites for hydroxylation is 2. The lowest BCUT2D eigenvalue weighted by Crippen LogP contribution is -2.38. The fourth-order valence-electron chi connectivity index (χ4n) is 3.34. The van der Waals surface area contributed by atoms with Crippen molar-refractivity contribution in [1.82, 2.24) is 9.88 Å². The zero-order valence-electron chi connectivity index (χ0n) is 15.0. The van der Waals surface area contributed by atoms with Crippen LogP contribution in [0.4, 0.5) is 0 Å². The van der Waals surface area contributed by atoms with Crippen molar-refractivity contribution in [3.05, 3.63) is 45.9 Å². The zero-order valence-corrected chi connectivity index (χ0v) is 15.8. The third-order valence-corrected chi connectivity index (χ3v) is 5.59. The first-order valence-corrected chi connectivity index (χ1v) is 9.97. The molecule has 2 heterocycles. The topological polar surface area (TPSA) is 42.4 Å². The van der Waals surface area contributed by atoms with Crippen LogP contribution in [0, 0.1) is 12.8 Å². The van der Waals surface area contributed by atoms with E-state index in [1.54, 1.807) is 0 Å². The fraction of sp³-hybridized carbons (Fsp3) is 0.500. The first kappa shape index (κ1) is 17.9. The highest BCUT2D eigenvalue weighted by Crippen LogP contribution is 2.24. The van der Waals surface area contributed by atoms with Gasteiger partial charge in [-0.3, -0.25) is 4.79 Å². The smallest absolute Gasteiger partial charge is 0.273 e. The van der Waals surface area contributed by atoms with Gasteiger partial charge in [-0.2, -0.15) is 0 Å². The summed E-state index contributed by atoms with van der Waals surface area (Å²) in [5.74, 6) is 1.73. The van der Waals surface area contributed by atoms with Crippen molar-refractivity contribution >= 4 is 17.2 Å². The van der Waals surface area contributed by atoms with Gasteiger partial charge in [-0.15, -0.1) is 11.3 Å². The Labute approximate surface area is 153 Å². The standard InChI is InChI=1S/C20H26N2O2S/c1-3-24-18-8-6-16(7-9-18)4-5-17-10-12-22(13-11-17)20(23)19-14-25-15(2)21-19/h6-9,14,17H,3-5,10-13H2,1-2H3. The molecule has 1 fully saturated rings. The van der Waals surface area contributed by atoms with E-state index in [0.717, 1.165) is 43.1 Å². The number of ether oxygens (including phenoxy) is 1. The average molecular weight is 359 g/mol. The summed E-state index contributed by atoms with van der Waals surface area (Å²) in [5, 5.41) is 2.82. The largest absolute Gasteiger partial charge is 0.494 e. The van der Waals surface area contributed by atoms with Crippen LogP contribution in [0.3, 0.4) is 0 Å². The van der Waals surface area contributed by atoms with E-state index in [4.69, 9.17) is 4.74 Å². The maximum Gasteiger partial charge on any atom is 0.273 e. The van der Waals surface area contributed by atoms with Gasteiger partial charge in [0, 0.05) is 18.5 Å². The molecule has 3 rings (SSSR count). The predicted molar refractivity (Wildman–Crippen MR) is 101 cm³/mol. The number of hydrogen-bond donors (Lipinski definition) is 0. The summed E-state index contributed by atoms with van der Waals surface area (Å²) >= 11 is 1.54. The molecule has 5 heteroatoms. The molecule has 0 bridgehead atoms. The number of likely N-dealkylation sites (tertiary alicyclic amines) is 1. The van der Waals surface area contributed by atoms with Gasteiger partial charge in [0.05, 0.1) is 11.6 Å². The number of carbonyl (C=O) groups excluding carboxylic acids is 1. The molecule has 1 aromatic heterocycles. The van der Waals surface area contributed by atoms with E-state index >= 15 is 0 Å². The first-order valence-electron chi connectivity index (χ1n) is 9.09. The molecule has 4 nitrogen and oxygen atoms in total. The third kappa shape index (κ3) is 4.82. The monoisotopic (exact) mass is 358 g/mol. The molecule has 0 unspecified atom stereocenters. The van der Waals surface area contributed by atoms with Crippen molar-refractivity contribution in [1.29, 1.82) is 0 Å². The van der Waals surface area contributed by atoms with E-state index in [1.165, 1.54) is 23.3 Å². The number of amides is 1. The molecule has 1 aliphatic rings. The maximum absolute atomic E-state index is 12.4. The van der Waals surface area contributed by atoms with Gasteiger partial charge in [0.2, 0.25) is 0 Å². The summed E-state index contributed by atoms with van der Waals surface area (Å²) in [5.41, 5.74) is 1.97. The molecule has 1 aliphatic heterocycles. The Hall–Kier alpha value is -1.88. The van der Waals surface area contributed by atoms with Crippen LogP contribution >= 0.6 is 11.3 Å². The van der Waals surface area contributed by atoms with Crippen LogP contribution in [-0.2, 0) is 6.42 Å². The summed E-state index contributed by atoms with van der Waals surface area (Å²) in [7, 11) is 0. The fourth-order valence-corrected chi connectivity index (χ4v) is 3.92. The van der Waals surface area contributed by atoms with Crippen LogP contribution in [0.15, 0.2) is 29.6 Å². The van der Waals surface area contributed by atoms with Crippen LogP contribution < -0.4 is 4.74 Å². The quantitative estimate of drug-likeness (QED) is 0.772. The SMILES string of the molecule is CCOc1ccc(CCC2CCN(C(=O)c3csc(C)n3)CC2)cc1. The van der Waals surface area contributed by atoms with Gasteiger partial charge in [0.25, 0.3) is 5.91 Å². The van der Waals surface area contributed by atoms with Crippen molar-refractivity contribution < 1.29 is 9.53 Å². The summed E-state index contributed by atoms with van der Waals surface area (Å²) in [6.07, 6.45) is 4.46. The van der Waals surface area contributed by atoms with Crippen molar-refractivity contribution in [3.63, 3.8) is 0 Å². The molecule has 0 spiro atoms. The van der Waals surface area contributed by atoms with E-state index in [2.05, 4.69) is 29.2 Å². The van der Waals surface area contributed by atoms with Gasteiger partial charge in [0.1, 0.15) is 11.4 Å². The average Bonchev–Trinajstić information content (AvgIpc) is 3.08. The molecule has 1 aromatic carbocycles. The van der Waals surface area contributed by atoms with Crippen LogP contribution in [0.1, 0.15) is 47.2 Å². The number of hydrogen-bond acceptors (Lipinski definition) is 4. The number of rotatable bonds is 6. The Morgan fingerprint density at radius 3 is 2.60 bits per heavy atom. The maximum atomic E-state index is 12.4. The summed E-state index contributed by atoms with van der Waals surface area (Å²) in [4.78, 5) is 18.7. The minimum absolute atomic E-state index is 0.0920. The molecule has 0 radical (unpaired) electrons. The predicted octanol–water partition coefficient (Wildman–Crippen LogP) is 4.34. The minimum atomic E-state index is 0.0920. The molecular weight excluding hydrogens is 332 g/mol. The van der Waals surface area contributed by atoms with Crippen LogP contribution in [0.2, 0.25) is 0 Å². The second-order valence-corrected chi connectivity index (χ2v) is 7.67. The zero-order chi connectivity index (χ0) is 17.6. The Kier molecular flexibility index (Phi) is 6.08. The van der Waals surface area contributed by atoms with Gasteiger partial charge in [-0.05, 0) is 63.1 Å². The molecule has 1 saturated heterocycles. The summed E-state index contributed by atoms with van der Waals surface area (Å²) in [6, 6.07) is 8.42. The molecule has 0 N–H and O–H groups in total. The Bertz CT molecular complexity index is 688. The van der Waals surface area contributed by atoms with Crippen LogP contribution in [0.25, 0.3) is 0 Å². The molecular formula is C20H26N2O2S. The highest BCUT2D eigenvalue weighted by Gasteiger charge is 2.24. The van der Waals surface area contributed by atoms with Crippen molar-refractivity contribution in [2.24, 2.45) is 5.92 Å². The normalized spacial score (nSPS) is 15.4. The Morgan fingerprint density at radius 2 is 2.00 bits per heavy atom. The molecule has 0 atom stereocenters. The molecule has 134 valence electrons. The summed E-state index contributed by atoms with van der Waals surface area (Å²) in [6.45, 7) is 6.35. The lowest BCUT2D eigenvalue weighted by molar-refractivity contribution is 0.0681.